The summed E-state index contributed by atoms with van der Waals surface area (Å²) in [5.41, 5.74) is -3.71. The van der Waals surface area contributed by atoms with Gasteiger partial charge in [-0.25, -0.2) is 0 Å². The Kier molecular flexibility index (Phi) is 7.39. The van der Waals surface area contributed by atoms with E-state index >= 15 is 0 Å². The van der Waals surface area contributed by atoms with Gasteiger partial charge in [-0.2, -0.15) is 26.3 Å². The summed E-state index contributed by atoms with van der Waals surface area (Å²) in [6.45, 7) is 4.83. The van der Waals surface area contributed by atoms with Gasteiger partial charge in [0, 0.05) is 31.8 Å². The fourth-order valence-corrected chi connectivity index (χ4v) is 4.86. The van der Waals surface area contributed by atoms with Crippen LogP contribution >= 0.6 is 0 Å². The van der Waals surface area contributed by atoms with Crippen LogP contribution in [0.3, 0.4) is 0 Å². The van der Waals surface area contributed by atoms with E-state index in [1.807, 2.05) is 20.9 Å². The molecule has 4 nitrogen and oxygen atoms in total. The zero-order valence-electron chi connectivity index (χ0n) is 18.9. The maximum absolute atomic E-state index is 13.1. The molecule has 186 valence electrons. The minimum Gasteiger partial charge on any atom is -0.381 e. The third kappa shape index (κ3) is 5.65. The lowest BCUT2D eigenvalue weighted by Gasteiger charge is -2.54. The molecule has 1 amide bonds. The second-order valence-corrected chi connectivity index (χ2v) is 9.48. The van der Waals surface area contributed by atoms with E-state index in [0.29, 0.717) is 44.2 Å². The van der Waals surface area contributed by atoms with E-state index in [1.54, 1.807) is 0 Å². The predicted molar refractivity (Wildman–Crippen MR) is 110 cm³/mol. The maximum Gasteiger partial charge on any atom is 0.416 e. The Morgan fingerprint density at radius 2 is 1.55 bits per heavy atom. The van der Waals surface area contributed by atoms with Crippen molar-refractivity contribution in [1.29, 1.82) is 0 Å². The minimum absolute atomic E-state index is 0.0240. The average molecular weight is 480 g/mol. The third-order valence-electron chi connectivity index (χ3n) is 7.20. The number of alkyl halides is 6. The highest BCUT2D eigenvalue weighted by Crippen LogP contribution is 2.50. The van der Waals surface area contributed by atoms with E-state index in [9.17, 15) is 31.1 Å². The molecule has 1 aliphatic carbocycles. The number of hydrogen-bond acceptors (Lipinski definition) is 3. The molecule has 10 heteroatoms. The molecule has 1 heterocycles. The molecule has 1 aromatic carbocycles. The zero-order valence-corrected chi connectivity index (χ0v) is 18.9. The maximum atomic E-state index is 13.1. The molecule has 0 bridgehead atoms. The van der Waals surface area contributed by atoms with Crippen LogP contribution in [0.15, 0.2) is 18.2 Å². The van der Waals surface area contributed by atoms with E-state index < -0.39 is 35.4 Å². The van der Waals surface area contributed by atoms with Gasteiger partial charge in [0.1, 0.15) is 0 Å². The van der Waals surface area contributed by atoms with E-state index in [1.165, 1.54) is 0 Å². The summed E-state index contributed by atoms with van der Waals surface area (Å²) >= 11 is 0. The van der Waals surface area contributed by atoms with Crippen molar-refractivity contribution in [3.8, 4) is 0 Å². The van der Waals surface area contributed by atoms with Gasteiger partial charge in [0.2, 0.25) is 5.91 Å². The van der Waals surface area contributed by atoms with Crippen LogP contribution in [0, 0.1) is 11.3 Å². The Bertz CT molecular complexity index is 808. The summed E-state index contributed by atoms with van der Waals surface area (Å²) in [6.07, 6.45) is -6.80. The van der Waals surface area contributed by atoms with Crippen molar-refractivity contribution in [3.05, 3.63) is 34.9 Å². The van der Waals surface area contributed by atoms with Crippen molar-refractivity contribution >= 4 is 5.91 Å². The number of ether oxygens (including phenoxy) is 1. The molecule has 1 saturated heterocycles. The summed E-state index contributed by atoms with van der Waals surface area (Å²) in [6, 6.07) is 1.97. The number of carbonyl (C=O) groups excluding carboxylic acids is 1. The lowest BCUT2D eigenvalue weighted by Crippen LogP contribution is -2.60. The smallest absolute Gasteiger partial charge is 0.381 e. The van der Waals surface area contributed by atoms with Crippen LogP contribution < -0.4 is 5.32 Å². The van der Waals surface area contributed by atoms with Gasteiger partial charge < -0.3 is 15.0 Å². The van der Waals surface area contributed by atoms with E-state index in [-0.39, 0.29) is 29.5 Å². The standard InChI is InChI=1S/C23H30F6N2O2/c1-14(2)21(11-19(12-21)31(3)18-4-6-33-7-5-18)20(32)30-13-15-8-16(22(24,25)26)10-17(9-15)23(27,28)29/h8-10,14,18-19H,4-7,11-13H2,1-3H3,(H,30,32). The Hall–Kier alpha value is -1.81. The van der Waals surface area contributed by atoms with Gasteiger partial charge in [-0.3, -0.25) is 4.79 Å². The Labute approximate surface area is 189 Å². The van der Waals surface area contributed by atoms with Crippen LogP contribution in [0.1, 0.15) is 56.2 Å². The van der Waals surface area contributed by atoms with Crippen LogP contribution in [0.4, 0.5) is 26.3 Å². The zero-order chi connectivity index (χ0) is 24.6. The van der Waals surface area contributed by atoms with Crippen LogP contribution in [0.25, 0.3) is 0 Å². The number of hydrogen-bond donors (Lipinski definition) is 1. The number of nitrogens with zero attached hydrogens (tertiary/aromatic N) is 1. The van der Waals surface area contributed by atoms with Gasteiger partial charge in [-0.15, -0.1) is 0 Å². The first-order valence-corrected chi connectivity index (χ1v) is 11.1. The van der Waals surface area contributed by atoms with E-state index in [2.05, 4.69) is 10.2 Å². The highest BCUT2D eigenvalue weighted by molar-refractivity contribution is 5.84. The van der Waals surface area contributed by atoms with Crippen molar-refractivity contribution in [2.24, 2.45) is 11.3 Å². The number of amides is 1. The van der Waals surface area contributed by atoms with Gasteiger partial charge in [0.25, 0.3) is 0 Å². The minimum atomic E-state index is -4.92. The first-order chi connectivity index (χ1) is 15.2. The molecule has 0 radical (unpaired) electrons. The van der Waals surface area contributed by atoms with Gasteiger partial charge in [-0.1, -0.05) is 13.8 Å². The quantitative estimate of drug-likeness (QED) is 0.565. The highest BCUT2D eigenvalue weighted by Gasteiger charge is 2.53. The SMILES string of the molecule is CC(C)C1(C(=O)NCc2cc(C(F)(F)F)cc(C(F)(F)F)c2)CC(N(C)C2CCOCC2)C1. The molecular weight excluding hydrogens is 450 g/mol. The molecule has 0 spiro atoms. The van der Waals surface area contributed by atoms with Crippen LogP contribution in [0.5, 0.6) is 0 Å². The number of carbonyl (C=O) groups is 1. The van der Waals surface area contributed by atoms with Crippen molar-refractivity contribution in [2.45, 2.75) is 70.5 Å². The van der Waals surface area contributed by atoms with Crippen LogP contribution in [0.2, 0.25) is 0 Å². The summed E-state index contributed by atoms with van der Waals surface area (Å²) in [5, 5.41) is 2.61. The summed E-state index contributed by atoms with van der Waals surface area (Å²) in [4.78, 5) is 15.4. The lowest BCUT2D eigenvalue weighted by atomic mass is 9.58. The van der Waals surface area contributed by atoms with E-state index in [0.717, 1.165) is 12.8 Å². The van der Waals surface area contributed by atoms with E-state index in [4.69, 9.17) is 4.74 Å². The summed E-state index contributed by atoms with van der Waals surface area (Å²) in [7, 11) is 2.03. The molecule has 1 saturated carbocycles. The van der Waals surface area contributed by atoms with Crippen molar-refractivity contribution in [1.82, 2.24) is 10.2 Å². The molecular formula is C23H30F6N2O2. The van der Waals surface area contributed by atoms with Gasteiger partial charge >= 0.3 is 12.4 Å². The lowest BCUT2D eigenvalue weighted by molar-refractivity contribution is -0.147. The monoisotopic (exact) mass is 480 g/mol. The number of rotatable bonds is 6. The fraction of sp³-hybridized carbons (Fsp3) is 0.696. The number of nitrogens with one attached hydrogen (secondary N) is 1. The molecule has 0 aromatic heterocycles. The Morgan fingerprint density at radius 1 is 1.03 bits per heavy atom. The predicted octanol–water partition coefficient (Wildman–Crippen LogP) is 5.26. The average Bonchev–Trinajstić information content (AvgIpc) is 2.70. The van der Waals surface area contributed by atoms with Crippen LogP contribution in [-0.4, -0.2) is 43.2 Å². The van der Waals surface area contributed by atoms with Gasteiger partial charge in [0.05, 0.1) is 16.5 Å². The number of halogens is 6. The first-order valence-electron chi connectivity index (χ1n) is 11.1. The fourth-order valence-electron chi connectivity index (χ4n) is 4.86. The molecule has 1 aliphatic heterocycles. The van der Waals surface area contributed by atoms with Gasteiger partial charge in [-0.05, 0) is 62.4 Å². The topological polar surface area (TPSA) is 41.6 Å². The second-order valence-electron chi connectivity index (χ2n) is 9.48. The first kappa shape index (κ1) is 25.8. The Morgan fingerprint density at radius 3 is 2.00 bits per heavy atom. The molecule has 3 rings (SSSR count). The normalized spacial score (nSPS) is 24.8. The third-order valence-corrected chi connectivity index (χ3v) is 7.20. The van der Waals surface area contributed by atoms with Crippen molar-refractivity contribution in [3.63, 3.8) is 0 Å². The molecule has 33 heavy (non-hydrogen) atoms. The largest absolute Gasteiger partial charge is 0.416 e. The second kappa shape index (κ2) is 9.44. The molecule has 2 aliphatic rings. The van der Waals surface area contributed by atoms with Gasteiger partial charge in [0.15, 0.2) is 0 Å². The molecule has 1 aromatic rings. The van der Waals surface area contributed by atoms with Crippen molar-refractivity contribution in [2.75, 3.05) is 20.3 Å². The van der Waals surface area contributed by atoms with Crippen LogP contribution in [-0.2, 0) is 28.4 Å². The molecule has 0 atom stereocenters. The highest BCUT2D eigenvalue weighted by atomic mass is 19.4. The van der Waals surface area contributed by atoms with Crippen molar-refractivity contribution < 1.29 is 35.9 Å². The Balaban J connectivity index is 1.70. The summed E-state index contributed by atoms with van der Waals surface area (Å²) in [5.74, 6) is -0.357. The summed E-state index contributed by atoms with van der Waals surface area (Å²) < 4.78 is 84.0. The molecule has 2 fully saturated rings. The molecule has 1 N–H and O–H groups in total. The number of benzene rings is 1. The molecule has 0 unspecified atom stereocenters.